The Bertz CT molecular complexity index is 562. The highest BCUT2D eigenvalue weighted by Gasteiger charge is 2.03. The molecule has 0 aliphatic heterocycles. The van der Waals surface area contributed by atoms with Crippen LogP contribution in [0.1, 0.15) is 28.4 Å². The van der Waals surface area contributed by atoms with Gasteiger partial charge in [-0.3, -0.25) is 10.2 Å². The first-order valence-corrected chi connectivity index (χ1v) is 6.54. The fourth-order valence-corrected chi connectivity index (χ4v) is 1.82. The molecule has 0 spiro atoms. The summed E-state index contributed by atoms with van der Waals surface area (Å²) in [5, 5.41) is 0. The molecular weight excluding hydrogens is 252 g/mol. The number of benzene rings is 2. The smallest absolute Gasteiger partial charge is 0.265 e. The molecule has 0 aliphatic rings. The molecule has 2 aromatic carbocycles. The summed E-state index contributed by atoms with van der Waals surface area (Å²) in [7, 11) is 0. The van der Waals surface area contributed by atoms with Crippen LogP contribution in [0, 0.1) is 0 Å². The molecule has 0 heterocycles. The molecule has 2 aromatic rings. The molecule has 0 radical (unpaired) electrons. The van der Waals surface area contributed by atoms with E-state index in [4.69, 9.17) is 10.6 Å². The van der Waals surface area contributed by atoms with E-state index in [-0.39, 0.29) is 5.91 Å². The summed E-state index contributed by atoms with van der Waals surface area (Å²) in [6.07, 6.45) is 1.02. The number of ether oxygens (including phenoxy) is 1. The number of hydrazine groups is 1. The lowest BCUT2D eigenvalue weighted by atomic mass is 10.1. The van der Waals surface area contributed by atoms with Crippen molar-refractivity contribution in [3.63, 3.8) is 0 Å². The van der Waals surface area contributed by atoms with Gasteiger partial charge in [-0.25, -0.2) is 5.84 Å². The first-order valence-electron chi connectivity index (χ1n) is 6.54. The van der Waals surface area contributed by atoms with Crippen LogP contribution < -0.4 is 16.0 Å². The maximum absolute atomic E-state index is 11.3. The predicted octanol–water partition coefficient (Wildman–Crippen LogP) is 2.43. The zero-order valence-corrected chi connectivity index (χ0v) is 11.4. The van der Waals surface area contributed by atoms with Gasteiger partial charge in [-0.05, 0) is 41.8 Å². The van der Waals surface area contributed by atoms with Crippen molar-refractivity contribution in [2.45, 2.75) is 20.0 Å². The molecule has 104 valence electrons. The summed E-state index contributed by atoms with van der Waals surface area (Å²) < 4.78 is 5.69. The quantitative estimate of drug-likeness (QED) is 0.498. The number of carbonyl (C=O) groups is 1. The Morgan fingerprint density at radius 2 is 1.65 bits per heavy atom. The van der Waals surface area contributed by atoms with Crippen LogP contribution in [-0.2, 0) is 13.0 Å². The number of hydrogen-bond acceptors (Lipinski definition) is 3. The monoisotopic (exact) mass is 270 g/mol. The van der Waals surface area contributed by atoms with Gasteiger partial charge in [-0.15, -0.1) is 0 Å². The van der Waals surface area contributed by atoms with Gasteiger partial charge >= 0.3 is 0 Å². The molecule has 0 bridgehead atoms. The summed E-state index contributed by atoms with van der Waals surface area (Å²) in [5.41, 5.74) is 4.92. The minimum Gasteiger partial charge on any atom is -0.489 e. The van der Waals surface area contributed by atoms with Gasteiger partial charge in [0.2, 0.25) is 0 Å². The van der Waals surface area contributed by atoms with Gasteiger partial charge in [0.25, 0.3) is 5.91 Å². The number of nitrogen functional groups attached to an aromatic ring is 1. The number of rotatable bonds is 5. The Morgan fingerprint density at radius 3 is 2.20 bits per heavy atom. The number of nitrogens with one attached hydrogen (secondary N) is 1. The highest BCUT2D eigenvalue weighted by Crippen LogP contribution is 2.15. The number of nitrogens with two attached hydrogens (primary N) is 1. The minimum atomic E-state index is -0.298. The molecule has 0 saturated carbocycles. The Hall–Kier alpha value is -2.33. The van der Waals surface area contributed by atoms with Crippen LogP contribution in [-0.4, -0.2) is 5.91 Å². The average molecular weight is 270 g/mol. The first-order chi connectivity index (χ1) is 9.72. The number of aryl methyl sites for hydroxylation is 1. The van der Waals surface area contributed by atoms with E-state index in [0.717, 1.165) is 17.7 Å². The Kier molecular flexibility index (Phi) is 4.74. The molecule has 20 heavy (non-hydrogen) atoms. The van der Waals surface area contributed by atoms with Crippen molar-refractivity contribution in [1.29, 1.82) is 0 Å². The van der Waals surface area contributed by atoms with E-state index in [1.165, 1.54) is 5.56 Å². The van der Waals surface area contributed by atoms with Gasteiger partial charge in [0, 0.05) is 5.56 Å². The van der Waals surface area contributed by atoms with E-state index < -0.39 is 0 Å². The van der Waals surface area contributed by atoms with Gasteiger partial charge in [0.05, 0.1) is 0 Å². The van der Waals surface area contributed by atoms with E-state index in [2.05, 4.69) is 24.5 Å². The second kappa shape index (κ2) is 6.73. The average Bonchev–Trinajstić information content (AvgIpc) is 2.53. The fourth-order valence-electron chi connectivity index (χ4n) is 1.82. The van der Waals surface area contributed by atoms with E-state index >= 15 is 0 Å². The normalized spacial score (nSPS) is 10.1. The highest BCUT2D eigenvalue weighted by atomic mass is 16.5. The van der Waals surface area contributed by atoms with Gasteiger partial charge < -0.3 is 4.74 Å². The van der Waals surface area contributed by atoms with Crippen molar-refractivity contribution >= 4 is 5.91 Å². The zero-order valence-electron chi connectivity index (χ0n) is 11.4. The van der Waals surface area contributed by atoms with Gasteiger partial charge in [0.1, 0.15) is 12.4 Å². The van der Waals surface area contributed by atoms with Crippen molar-refractivity contribution in [2.24, 2.45) is 5.84 Å². The molecule has 0 saturated heterocycles. The van der Waals surface area contributed by atoms with Crippen molar-refractivity contribution in [3.8, 4) is 5.75 Å². The second-order valence-corrected chi connectivity index (χ2v) is 4.46. The highest BCUT2D eigenvalue weighted by molar-refractivity contribution is 5.93. The minimum absolute atomic E-state index is 0.298. The predicted molar refractivity (Wildman–Crippen MR) is 78.2 cm³/mol. The fraction of sp³-hybridized carbons (Fsp3) is 0.188. The molecule has 0 aliphatic carbocycles. The molecule has 0 fully saturated rings. The van der Waals surface area contributed by atoms with Crippen LogP contribution in [0.4, 0.5) is 0 Å². The lowest BCUT2D eigenvalue weighted by molar-refractivity contribution is 0.0953. The van der Waals surface area contributed by atoms with E-state index in [9.17, 15) is 4.79 Å². The van der Waals surface area contributed by atoms with Gasteiger partial charge in [-0.2, -0.15) is 0 Å². The van der Waals surface area contributed by atoms with Crippen LogP contribution in [0.15, 0.2) is 48.5 Å². The third kappa shape index (κ3) is 3.59. The maximum Gasteiger partial charge on any atom is 0.265 e. The van der Waals surface area contributed by atoms with E-state index in [0.29, 0.717) is 12.2 Å². The molecule has 0 aromatic heterocycles. The van der Waals surface area contributed by atoms with Crippen molar-refractivity contribution in [3.05, 3.63) is 65.2 Å². The third-order valence-electron chi connectivity index (χ3n) is 3.08. The van der Waals surface area contributed by atoms with Crippen molar-refractivity contribution in [2.75, 3.05) is 0 Å². The Labute approximate surface area is 118 Å². The van der Waals surface area contributed by atoms with E-state index in [1.54, 1.807) is 12.1 Å². The van der Waals surface area contributed by atoms with Crippen LogP contribution in [0.5, 0.6) is 5.75 Å². The number of carbonyl (C=O) groups excluding carboxylic acids is 1. The Balaban J connectivity index is 1.94. The van der Waals surface area contributed by atoms with Crippen LogP contribution in [0.2, 0.25) is 0 Å². The maximum atomic E-state index is 11.3. The SMILES string of the molecule is CCc1ccc(OCc2ccc(C(=O)NN)cc2)cc1. The van der Waals surface area contributed by atoms with E-state index in [1.807, 2.05) is 24.3 Å². The zero-order chi connectivity index (χ0) is 14.4. The molecule has 4 heteroatoms. The Morgan fingerprint density at radius 1 is 1.05 bits per heavy atom. The van der Waals surface area contributed by atoms with Crippen LogP contribution in [0.3, 0.4) is 0 Å². The van der Waals surface area contributed by atoms with Crippen molar-refractivity contribution in [1.82, 2.24) is 5.43 Å². The summed E-state index contributed by atoms with van der Waals surface area (Å²) in [6.45, 7) is 2.59. The van der Waals surface area contributed by atoms with Gasteiger partial charge in [-0.1, -0.05) is 31.2 Å². The first kappa shape index (κ1) is 14.1. The van der Waals surface area contributed by atoms with Crippen LogP contribution in [0.25, 0.3) is 0 Å². The number of amides is 1. The second-order valence-electron chi connectivity index (χ2n) is 4.46. The standard InChI is InChI=1S/C16H18N2O2/c1-2-12-5-9-15(10-6-12)20-11-13-3-7-14(8-4-13)16(19)18-17/h3-10H,2,11,17H2,1H3,(H,18,19). The third-order valence-corrected chi connectivity index (χ3v) is 3.08. The molecule has 1 amide bonds. The number of hydrogen-bond donors (Lipinski definition) is 2. The summed E-state index contributed by atoms with van der Waals surface area (Å²) in [4.78, 5) is 11.3. The summed E-state index contributed by atoms with van der Waals surface area (Å²) >= 11 is 0. The summed E-state index contributed by atoms with van der Waals surface area (Å²) in [6, 6.07) is 15.2. The molecular formula is C16H18N2O2. The molecule has 4 nitrogen and oxygen atoms in total. The largest absolute Gasteiger partial charge is 0.489 e. The van der Waals surface area contributed by atoms with Crippen LogP contribution >= 0.6 is 0 Å². The lowest BCUT2D eigenvalue weighted by Gasteiger charge is -2.07. The van der Waals surface area contributed by atoms with Crippen molar-refractivity contribution < 1.29 is 9.53 Å². The van der Waals surface area contributed by atoms with Gasteiger partial charge in [0.15, 0.2) is 0 Å². The summed E-state index contributed by atoms with van der Waals surface area (Å²) in [5.74, 6) is 5.62. The molecule has 0 unspecified atom stereocenters. The lowest BCUT2D eigenvalue weighted by Crippen LogP contribution is -2.29. The molecule has 0 atom stereocenters. The molecule has 3 N–H and O–H groups in total. The molecule has 2 rings (SSSR count). The topological polar surface area (TPSA) is 64.3 Å².